The third-order valence-electron chi connectivity index (χ3n) is 3.11. The van der Waals surface area contributed by atoms with Gasteiger partial charge in [-0.3, -0.25) is 6.08 Å². The number of halogens is 2. The smallest absolute Gasteiger partial charge is 0.0771 e. The molecule has 0 unspecified atom stereocenters. The SMILES string of the molecule is C[Si]C.Cl.Cl.[C-]1=CC=CC1.[CH2-]CO.[CH3-].[Si]=[Zr].c1ccc2c(c1)[cH-]c1ccccc12. The maximum absolute atomic E-state index is 7.46. The van der Waals surface area contributed by atoms with Gasteiger partial charge < -0.3 is 19.5 Å². The van der Waals surface area contributed by atoms with Crippen LogP contribution < -0.4 is 0 Å². The van der Waals surface area contributed by atoms with E-state index in [2.05, 4.69) is 93.6 Å². The van der Waals surface area contributed by atoms with Crippen LogP contribution in [0.1, 0.15) is 6.42 Å². The van der Waals surface area contributed by atoms with E-state index in [9.17, 15) is 0 Å². The van der Waals surface area contributed by atoms with Crippen molar-refractivity contribution < 1.29 is 28.4 Å². The number of aliphatic hydroxyl groups is 1. The summed E-state index contributed by atoms with van der Waals surface area (Å²) in [6.07, 6.45) is 10.0. The second-order valence-corrected chi connectivity index (χ2v) is 6.05. The van der Waals surface area contributed by atoms with Gasteiger partial charge in [0.1, 0.15) is 0 Å². The summed E-state index contributed by atoms with van der Waals surface area (Å²) in [6.45, 7) is 10.4. The van der Waals surface area contributed by atoms with E-state index in [1.807, 2.05) is 12.2 Å². The maximum Gasteiger partial charge on any atom is -0.0771 e. The van der Waals surface area contributed by atoms with Crippen molar-refractivity contribution in [3.8, 4) is 0 Å². The first-order valence-electron chi connectivity index (χ1n) is 8.27. The van der Waals surface area contributed by atoms with E-state index in [0.717, 1.165) is 15.9 Å². The fourth-order valence-corrected chi connectivity index (χ4v) is 2.24. The Labute approximate surface area is 209 Å². The van der Waals surface area contributed by atoms with Crippen LogP contribution in [0.2, 0.25) is 13.1 Å². The number of fused-ring (bicyclic) bond motifs is 3. The van der Waals surface area contributed by atoms with E-state index < -0.39 is 0 Å². The molecule has 0 saturated heterocycles. The van der Waals surface area contributed by atoms with Gasteiger partial charge in [0.2, 0.25) is 0 Å². The van der Waals surface area contributed by atoms with Crippen molar-refractivity contribution in [1.82, 2.24) is 0 Å². The molecule has 0 amide bonds. The molecule has 0 spiro atoms. The van der Waals surface area contributed by atoms with E-state index in [1.54, 1.807) is 0 Å². The van der Waals surface area contributed by atoms with Crippen molar-refractivity contribution in [3.05, 3.63) is 93.3 Å². The quantitative estimate of drug-likeness (QED) is 0.254. The summed E-state index contributed by atoms with van der Waals surface area (Å²) in [5, 5.41) is 12.9. The van der Waals surface area contributed by atoms with Crippen LogP contribution in [-0.4, -0.2) is 28.1 Å². The Morgan fingerprint density at radius 1 is 1.03 bits per heavy atom. The van der Waals surface area contributed by atoms with Gasteiger partial charge in [-0.25, -0.2) is 12.2 Å². The molecular weight excluding hydrogens is 511 g/mol. The molecule has 0 aliphatic heterocycles. The van der Waals surface area contributed by atoms with Crippen molar-refractivity contribution in [3.63, 3.8) is 0 Å². The van der Waals surface area contributed by atoms with Crippen LogP contribution in [0.4, 0.5) is 0 Å². The second-order valence-electron chi connectivity index (χ2n) is 5.05. The van der Waals surface area contributed by atoms with E-state index in [4.69, 9.17) is 5.11 Å². The van der Waals surface area contributed by atoms with Gasteiger partial charge in [0.15, 0.2) is 0 Å². The molecule has 29 heavy (non-hydrogen) atoms. The van der Waals surface area contributed by atoms with E-state index >= 15 is 0 Å². The third kappa shape index (κ3) is 15.1. The van der Waals surface area contributed by atoms with Gasteiger partial charge >= 0.3 is 30.2 Å². The molecule has 1 aliphatic rings. The summed E-state index contributed by atoms with van der Waals surface area (Å²) < 4.78 is 0. The molecule has 1 nitrogen and oxygen atoms in total. The predicted octanol–water partition coefficient (Wildman–Crippen LogP) is 6.53. The molecule has 4 radical (unpaired) electrons. The molecule has 0 aromatic heterocycles. The normalized spacial score (nSPS) is 9.34. The Morgan fingerprint density at radius 2 is 1.41 bits per heavy atom. The molecule has 0 fully saturated rings. The first-order chi connectivity index (χ1) is 12.8. The molecule has 6 heteroatoms. The van der Waals surface area contributed by atoms with Crippen molar-refractivity contribution in [2.75, 3.05) is 6.61 Å². The fraction of sp³-hybridized carbons (Fsp3) is 0.174. The first kappa shape index (κ1) is 36.0. The topological polar surface area (TPSA) is 20.2 Å². The van der Waals surface area contributed by atoms with Crippen LogP contribution in [0.15, 0.2) is 72.8 Å². The van der Waals surface area contributed by atoms with Gasteiger partial charge in [-0.05, 0) is 0 Å². The molecule has 0 atom stereocenters. The molecule has 3 aromatic carbocycles. The van der Waals surface area contributed by atoms with Crippen molar-refractivity contribution in [2.45, 2.75) is 19.5 Å². The van der Waals surface area contributed by atoms with E-state index in [-0.39, 0.29) is 38.8 Å². The Hall–Kier alpha value is -0.353. The monoisotopic (exact) mass is 538 g/mol. The minimum Gasteiger partial charge on any atom is -0.126 e. The van der Waals surface area contributed by atoms with E-state index in [1.165, 1.54) is 44.9 Å². The second kappa shape index (κ2) is 25.7. The number of aliphatic hydroxyl groups excluding tert-OH is 1. The van der Waals surface area contributed by atoms with Crippen LogP contribution in [0, 0.1) is 20.4 Å². The molecule has 158 valence electrons. The average molecular weight is 541 g/mol. The van der Waals surface area contributed by atoms with Crippen molar-refractivity contribution >= 4 is 62.8 Å². The van der Waals surface area contributed by atoms with Crippen LogP contribution in [0.3, 0.4) is 0 Å². The van der Waals surface area contributed by atoms with Gasteiger partial charge in [-0.1, -0.05) is 56.1 Å². The molecule has 4 rings (SSSR count). The minimum atomic E-state index is 0. The molecule has 0 bridgehead atoms. The summed E-state index contributed by atoms with van der Waals surface area (Å²) in [4.78, 5) is 0. The standard InChI is InChI=1S/C13H9.C5H5.C2H5O.C2H6Si.CH3.2ClH.Si.Zr/c1-3-7-12-10(5-1)9-11-6-2-4-8-13(11)12;1-2-4-5-3-1;1-2-3;1-3-2;;;;;/h1-9H;1-3H,4H2;3H,1-2H2;1-2H3;1H3;2*1H;;/q3*-1;;-1;;;;. The number of hydrogen-bond acceptors (Lipinski definition) is 1. The van der Waals surface area contributed by atoms with Gasteiger partial charge in [0.05, 0.1) is 0 Å². The molecule has 1 aliphatic carbocycles. The van der Waals surface area contributed by atoms with Gasteiger partial charge in [0, 0.05) is 9.52 Å². The zero-order valence-electron chi connectivity index (χ0n) is 17.3. The average Bonchev–Trinajstić information content (AvgIpc) is 3.36. The Kier molecular flexibility index (Phi) is 31.9. The predicted molar refractivity (Wildman–Crippen MR) is 135 cm³/mol. The summed E-state index contributed by atoms with van der Waals surface area (Å²) >= 11 is 1.36. The first-order valence-corrected chi connectivity index (χ1v) is 14.5. The largest absolute Gasteiger partial charge is 0.126 e. The van der Waals surface area contributed by atoms with Gasteiger partial charge in [-0.15, -0.1) is 71.0 Å². The summed E-state index contributed by atoms with van der Waals surface area (Å²) in [6, 6.07) is 19.3. The third-order valence-corrected chi connectivity index (χ3v) is 3.11. The Bertz CT molecular complexity index is 726. The molecule has 3 aromatic rings. The van der Waals surface area contributed by atoms with E-state index in [0.29, 0.717) is 0 Å². The van der Waals surface area contributed by atoms with Crippen LogP contribution in [0.25, 0.3) is 21.5 Å². The van der Waals surface area contributed by atoms with Crippen LogP contribution >= 0.6 is 24.8 Å². The zero-order chi connectivity index (χ0) is 19.6. The van der Waals surface area contributed by atoms with Crippen molar-refractivity contribution in [1.29, 1.82) is 0 Å². The number of benzene rings is 2. The Balaban J connectivity index is -0.000000167. The maximum atomic E-state index is 7.46. The number of allylic oxidation sites excluding steroid dienone is 4. The summed E-state index contributed by atoms with van der Waals surface area (Å²) in [5.41, 5.74) is 0. The van der Waals surface area contributed by atoms with Crippen LogP contribution in [-0.2, 0) is 23.3 Å². The zero-order valence-corrected chi connectivity index (χ0v) is 23.4. The fourth-order valence-electron chi connectivity index (χ4n) is 2.24. The Morgan fingerprint density at radius 3 is 1.69 bits per heavy atom. The molecule has 1 N–H and O–H groups in total. The van der Waals surface area contributed by atoms with Crippen LogP contribution in [0.5, 0.6) is 0 Å². The minimum absolute atomic E-state index is 0. The number of rotatable bonds is 0. The number of hydrogen-bond donors (Lipinski definition) is 1. The van der Waals surface area contributed by atoms with Crippen molar-refractivity contribution in [2.24, 2.45) is 0 Å². The molecule has 0 saturated carbocycles. The summed E-state index contributed by atoms with van der Waals surface area (Å²) in [5.74, 6) is 0. The van der Waals surface area contributed by atoms with Gasteiger partial charge in [-0.2, -0.15) is 6.08 Å². The van der Waals surface area contributed by atoms with Gasteiger partial charge in [0.25, 0.3) is 0 Å². The molecular formula is C23H30Cl2OSi2Zr-4. The summed E-state index contributed by atoms with van der Waals surface area (Å²) in [7, 11) is 1.08. The molecule has 0 heterocycles.